The first-order valence-corrected chi connectivity index (χ1v) is 6.28. The number of hydrogen-bond donors (Lipinski definition) is 2. The Morgan fingerprint density at radius 2 is 1.61 bits per heavy atom. The van der Waals surface area contributed by atoms with E-state index in [-0.39, 0.29) is 0 Å². The Morgan fingerprint density at radius 3 is 2.28 bits per heavy atom. The van der Waals surface area contributed by atoms with Crippen molar-refractivity contribution in [3.05, 3.63) is 70.7 Å². The third-order valence-corrected chi connectivity index (χ3v) is 3.31. The summed E-state index contributed by atoms with van der Waals surface area (Å²) >= 11 is 6.08. The maximum Gasteiger partial charge on any atom is 0.0773 e. The van der Waals surface area contributed by atoms with Crippen LogP contribution < -0.4 is 5.73 Å². The largest absolute Gasteiger partial charge is 0.391 e. The number of hydrogen-bond acceptors (Lipinski definition) is 2. The number of rotatable bonds is 4. The number of aliphatic hydroxyl groups excluding tert-OH is 1. The minimum absolute atomic E-state index is 0.473. The average Bonchev–Trinajstić information content (AvgIpc) is 2.39. The molecule has 0 saturated carbocycles. The predicted octanol–water partition coefficient (Wildman–Crippen LogP) is 2.94. The molecule has 2 atom stereocenters. The standard InChI is InChI=1S/C15H16ClNO/c16-13-9-5-4-8-12(13)15(17)14(18)10-11-6-2-1-3-7-11/h1-9,14-15,18H,10,17H2/t14-,15+/m1/s1. The van der Waals surface area contributed by atoms with Crippen LogP contribution in [0.5, 0.6) is 0 Å². The quantitative estimate of drug-likeness (QED) is 0.889. The summed E-state index contributed by atoms with van der Waals surface area (Å²) in [5.74, 6) is 0. The Labute approximate surface area is 112 Å². The molecule has 0 amide bonds. The molecule has 0 fully saturated rings. The summed E-state index contributed by atoms with van der Waals surface area (Å²) in [7, 11) is 0. The Bertz CT molecular complexity index is 501. The molecule has 0 aliphatic rings. The van der Waals surface area contributed by atoms with Crippen LogP contribution in [0.1, 0.15) is 17.2 Å². The van der Waals surface area contributed by atoms with Crippen LogP contribution >= 0.6 is 11.6 Å². The zero-order valence-corrected chi connectivity index (χ0v) is 10.7. The number of aliphatic hydroxyl groups is 1. The van der Waals surface area contributed by atoms with Gasteiger partial charge in [-0.2, -0.15) is 0 Å². The van der Waals surface area contributed by atoms with E-state index in [2.05, 4.69) is 0 Å². The number of nitrogens with two attached hydrogens (primary N) is 1. The molecule has 0 aromatic heterocycles. The van der Waals surface area contributed by atoms with Crippen LogP contribution in [0.3, 0.4) is 0 Å². The summed E-state index contributed by atoms with van der Waals surface area (Å²) in [6.07, 6.45) is -0.125. The minimum Gasteiger partial charge on any atom is -0.391 e. The van der Waals surface area contributed by atoms with E-state index in [0.29, 0.717) is 11.4 Å². The van der Waals surface area contributed by atoms with Crippen molar-refractivity contribution in [2.45, 2.75) is 18.6 Å². The zero-order chi connectivity index (χ0) is 13.0. The van der Waals surface area contributed by atoms with Gasteiger partial charge in [-0.05, 0) is 17.2 Å². The van der Waals surface area contributed by atoms with Gasteiger partial charge in [0, 0.05) is 11.4 Å². The van der Waals surface area contributed by atoms with Gasteiger partial charge >= 0.3 is 0 Å². The molecule has 3 heteroatoms. The van der Waals surface area contributed by atoms with Crippen LogP contribution in [0, 0.1) is 0 Å². The molecule has 2 aromatic rings. The highest BCUT2D eigenvalue weighted by atomic mass is 35.5. The predicted molar refractivity (Wildman–Crippen MR) is 74.5 cm³/mol. The first kappa shape index (κ1) is 13.1. The Morgan fingerprint density at radius 1 is 1.00 bits per heavy atom. The van der Waals surface area contributed by atoms with Gasteiger partial charge in [0.2, 0.25) is 0 Å². The summed E-state index contributed by atoms with van der Waals surface area (Å²) in [5, 5.41) is 10.8. The van der Waals surface area contributed by atoms with Gasteiger partial charge in [0.05, 0.1) is 12.1 Å². The van der Waals surface area contributed by atoms with Gasteiger partial charge < -0.3 is 10.8 Å². The van der Waals surface area contributed by atoms with Crippen molar-refractivity contribution in [2.75, 3.05) is 0 Å². The molecule has 2 rings (SSSR count). The number of benzene rings is 2. The molecule has 0 aliphatic heterocycles. The smallest absolute Gasteiger partial charge is 0.0773 e. The summed E-state index contributed by atoms with van der Waals surface area (Å²) < 4.78 is 0. The summed E-state index contributed by atoms with van der Waals surface area (Å²) in [6.45, 7) is 0. The molecule has 0 heterocycles. The Kier molecular flexibility index (Phi) is 4.37. The van der Waals surface area contributed by atoms with Gasteiger partial charge in [-0.15, -0.1) is 0 Å². The summed E-state index contributed by atoms with van der Waals surface area (Å²) in [6, 6.07) is 16.7. The zero-order valence-electron chi connectivity index (χ0n) is 9.96. The molecule has 0 spiro atoms. The van der Waals surface area contributed by atoms with Crippen molar-refractivity contribution in [2.24, 2.45) is 5.73 Å². The second-order valence-corrected chi connectivity index (χ2v) is 4.71. The van der Waals surface area contributed by atoms with Crippen molar-refractivity contribution in [3.8, 4) is 0 Å². The Balaban J connectivity index is 2.10. The van der Waals surface area contributed by atoms with E-state index in [9.17, 15) is 5.11 Å². The summed E-state index contributed by atoms with van der Waals surface area (Å²) in [5.41, 5.74) is 7.90. The third kappa shape index (κ3) is 3.10. The topological polar surface area (TPSA) is 46.2 Å². The molecule has 0 bridgehead atoms. The molecule has 0 radical (unpaired) electrons. The van der Waals surface area contributed by atoms with Gasteiger partial charge in [0.25, 0.3) is 0 Å². The molecule has 3 N–H and O–H groups in total. The molecule has 0 aliphatic carbocycles. The lowest BCUT2D eigenvalue weighted by Gasteiger charge is -2.20. The van der Waals surface area contributed by atoms with Gasteiger partial charge in [0.15, 0.2) is 0 Å². The molecular weight excluding hydrogens is 246 g/mol. The monoisotopic (exact) mass is 261 g/mol. The van der Waals surface area contributed by atoms with E-state index in [0.717, 1.165) is 11.1 Å². The van der Waals surface area contributed by atoms with E-state index < -0.39 is 12.1 Å². The second kappa shape index (κ2) is 6.01. The Hall–Kier alpha value is -1.35. The second-order valence-electron chi connectivity index (χ2n) is 4.30. The highest BCUT2D eigenvalue weighted by molar-refractivity contribution is 6.31. The molecule has 2 nitrogen and oxygen atoms in total. The van der Waals surface area contributed by atoms with Gasteiger partial charge in [0.1, 0.15) is 0 Å². The molecule has 0 saturated heterocycles. The molecule has 2 aromatic carbocycles. The minimum atomic E-state index is -0.646. The van der Waals surface area contributed by atoms with Crippen LogP contribution in [0.15, 0.2) is 54.6 Å². The first-order valence-electron chi connectivity index (χ1n) is 5.90. The van der Waals surface area contributed by atoms with Gasteiger partial charge in [-0.1, -0.05) is 60.1 Å². The van der Waals surface area contributed by atoms with Gasteiger partial charge in [-0.25, -0.2) is 0 Å². The van der Waals surface area contributed by atoms with Crippen molar-refractivity contribution in [1.82, 2.24) is 0 Å². The van der Waals surface area contributed by atoms with E-state index in [1.807, 2.05) is 48.5 Å². The van der Waals surface area contributed by atoms with Crippen LogP contribution in [-0.4, -0.2) is 11.2 Å². The van der Waals surface area contributed by atoms with Crippen LogP contribution in [-0.2, 0) is 6.42 Å². The molecular formula is C15H16ClNO. The van der Waals surface area contributed by atoms with Gasteiger partial charge in [-0.3, -0.25) is 0 Å². The van der Waals surface area contributed by atoms with Crippen molar-refractivity contribution in [3.63, 3.8) is 0 Å². The lowest BCUT2D eigenvalue weighted by atomic mass is 9.97. The summed E-state index contributed by atoms with van der Waals surface area (Å²) in [4.78, 5) is 0. The van der Waals surface area contributed by atoms with Crippen LogP contribution in [0.4, 0.5) is 0 Å². The SMILES string of the molecule is N[C@@H](c1ccccc1Cl)[C@H](O)Cc1ccccc1. The first-order chi connectivity index (χ1) is 8.68. The van der Waals surface area contributed by atoms with E-state index in [4.69, 9.17) is 17.3 Å². The molecule has 0 unspecified atom stereocenters. The normalized spacial score (nSPS) is 14.2. The highest BCUT2D eigenvalue weighted by Crippen LogP contribution is 2.24. The maximum atomic E-state index is 10.2. The molecule has 94 valence electrons. The van der Waals surface area contributed by atoms with Crippen LogP contribution in [0.25, 0.3) is 0 Å². The fourth-order valence-electron chi connectivity index (χ4n) is 1.94. The fraction of sp³-hybridized carbons (Fsp3) is 0.200. The van der Waals surface area contributed by atoms with Crippen molar-refractivity contribution < 1.29 is 5.11 Å². The van der Waals surface area contributed by atoms with Crippen molar-refractivity contribution in [1.29, 1.82) is 0 Å². The maximum absolute atomic E-state index is 10.2. The van der Waals surface area contributed by atoms with E-state index >= 15 is 0 Å². The molecule has 18 heavy (non-hydrogen) atoms. The fourth-order valence-corrected chi connectivity index (χ4v) is 2.20. The highest BCUT2D eigenvalue weighted by Gasteiger charge is 2.19. The lowest BCUT2D eigenvalue weighted by Crippen LogP contribution is -2.28. The van der Waals surface area contributed by atoms with Crippen LogP contribution in [0.2, 0.25) is 5.02 Å². The average molecular weight is 262 g/mol. The van der Waals surface area contributed by atoms with E-state index in [1.54, 1.807) is 6.07 Å². The van der Waals surface area contributed by atoms with Crippen molar-refractivity contribution >= 4 is 11.6 Å². The lowest BCUT2D eigenvalue weighted by molar-refractivity contribution is 0.145. The third-order valence-electron chi connectivity index (χ3n) is 2.97. The van der Waals surface area contributed by atoms with E-state index in [1.165, 1.54) is 0 Å². The number of halogens is 1.